The van der Waals surface area contributed by atoms with Crippen LogP contribution < -0.4 is 10.1 Å². The third-order valence-electron chi connectivity index (χ3n) is 4.32. The molecule has 25 heavy (non-hydrogen) atoms. The Morgan fingerprint density at radius 1 is 1.16 bits per heavy atom. The zero-order valence-electron chi connectivity index (χ0n) is 13.9. The standard InChI is InChI=1S/C20H21FN2O2/c21-17-7-5-16(6-8-17)20(15-3-4-15)23-12-18(24)13-25-19-9-1-14(11-22)2-10-19/h1-2,5-10,15,18,20,23-24H,3-4,12-13H2. The molecule has 0 aromatic heterocycles. The van der Waals surface area contributed by atoms with Crippen molar-refractivity contribution in [2.45, 2.75) is 25.0 Å². The summed E-state index contributed by atoms with van der Waals surface area (Å²) in [7, 11) is 0. The summed E-state index contributed by atoms with van der Waals surface area (Å²) in [5.74, 6) is 0.918. The number of aliphatic hydroxyl groups excluding tert-OH is 1. The molecule has 0 amide bonds. The summed E-state index contributed by atoms with van der Waals surface area (Å²) in [6, 6.07) is 15.5. The molecule has 2 aromatic carbocycles. The number of ether oxygens (including phenoxy) is 1. The van der Waals surface area contributed by atoms with Gasteiger partial charge < -0.3 is 15.2 Å². The number of benzene rings is 2. The lowest BCUT2D eigenvalue weighted by Crippen LogP contribution is -2.34. The molecule has 1 fully saturated rings. The molecule has 2 atom stereocenters. The van der Waals surface area contributed by atoms with Gasteiger partial charge in [0.25, 0.3) is 0 Å². The first-order chi connectivity index (χ1) is 12.2. The fourth-order valence-electron chi connectivity index (χ4n) is 2.80. The highest BCUT2D eigenvalue weighted by molar-refractivity contribution is 5.34. The van der Waals surface area contributed by atoms with Crippen LogP contribution >= 0.6 is 0 Å². The second kappa shape index (κ2) is 8.11. The van der Waals surface area contributed by atoms with Gasteiger partial charge in [0.1, 0.15) is 24.3 Å². The minimum Gasteiger partial charge on any atom is -0.491 e. The molecule has 0 bridgehead atoms. The summed E-state index contributed by atoms with van der Waals surface area (Å²) in [5.41, 5.74) is 1.62. The van der Waals surface area contributed by atoms with Crippen LogP contribution in [0.5, 0.6) is 5.75 Å². The molecule has 4 nitrogen and oxygen atoms in total. The molecule has 2 unspecified atom stereocenters. The number of hydrogen-bond donors (Lipinski definition) is 2. The quantitative estimate of drug-likeness (QED) is 0.775. The second-order valence-electron chi connectivity index (χ2n) is 6.38. The average Bonchev–Trinajstić information content (AvgIpc) is 3.47. The summed E-state index contributed by atoms with van der Waals surface area (Å²) in [4.78, 5) is 0. The Morgan fingerprint density at radius 2 is 1.84 bits per heavy atom. The van der Waals surface area contributed by atoms with Crippen molar-refractivity contribution in [1.29, 1.82) is 5.26 Å². The van der Waals surface area contributed by atoms with Crippen molar-refractivity contribution in [1.82, 2.24) is 5.32 Å². The van der Waals surface area contributed by atoms with Crippen molar-refractivity contribution in [3.8, 4) is 11.8 Å². The van der Waals surface area contributed by atoms with Gasteiger partial charge in [0, 0.05) is 12.6 Å². The topological polar surface area (TPSA) is 65.3 Å². The van der Waals surface area contributed by atoms with Crippen LogP contribution in [0.1, 0.15) is 30.0 Å². The highest BCUT2D eigenvalue weighted by atomic mass is 19.1. The number of hydrogen-bond acceptors (Lipinski definition) is 4. The molecule has 2 aromatic rings. The molecule has 0 radical (unpaired) electrons. The molecular formula is C20H21FN2O2. The van der Waals surface area contributed by atoms with Crippen molar-refractivity contribution < 1.29 is 14.2 Å². The summed E-state index contributed by atoms with van der Waals surface area (Å²) >= 11 is 0. The molecule has 130 valence electrons. The van der Waals surface area contributed by atoms with Crippen molar-refractivity contribution in [3.05, 3.63) is 65.5 Å². The lowest BCUT2D eigenvalue weighted by Gasteiger charge is -2.21. The smallest absolute Gasteiger partial charge is 0.123 e. The fraction of sp³-hybridized carbons (Fsp3) is 0.350. The summed E-state index contributed by atoms with van der Waals surface area (Å²) in [5, 5.41) is 22.3. The predicted molar refractivity (Wildman–Crippen MR) is 92.5 cm³/mol. The zero-order valence-corrected chi connectivity index (χ0v) is 13.9. The number of halogens is 1. The van der Waals surface area contributed by atoms with Gasteiger partial charge in [-0.05, 0) is 60.7 Å². The lowest BCUT2D eigenvalue weighted by atomic mass is 10.0. The normalized spacial score (nSPS) is 16.0. The van der Waals surface area contributed by atoms with E-state index in [9.17, 15) is 9.50 Å². The van der Waals surface area contributed by atoms with Crippen LogP contribution in [-0.4, -0.2) is 24.4 Å². The van der Waals surface area contributed by atoms with E-state index in [-0.39, 0.29) is 18.5 Å². The molecule has 0 spiro atoms. The number of nitriles is 1. The monoisotopic (exact) mass is 340 g/mol. The van der Waals surface area contributed by atoms with E-state index in [2.05, 4.69) is 5.32 Å². The Labute approximate surface area is 146 Å². The molecule has 0 aliphatic heterocycles. The average molecular weight is 340 g/mol. The van der Waals surface area contributed by atoms with Crippen LogP contribution in [0.25, 0.3) is 0 Å². The molecule has 2 N–H and O–H groups in total. The van der Waals surface area contributed by atoms with E-state index in [0.717, 1.165) is 18.4 Å². The van der Waals surface area contributed by atoms with E-state index >= 15 is 0 Å². The van der Waals surface area contributed by atoms with E-state index in [1.165, 1.54) is 12.1 Å². The van der Waals surface area contributed by atoms with Gasteiger partial charge in [-0.15, -0.1) is 0 Å². The van der Waals surface area contributed by atoms with E-state index < -0.39 is 6.10 Å². The van der Waals surface area contributed by atoms with Crippen molar-refractivity contribution >= 4 is 0 Å². The Hall–Kier alpha value is -2.42. The van der Waals surface area contributed by atoms with Crippen molar-refractivity contribution in [2.75, 3.05) is 13.2 Å². The molecular weight excluding hydrogens is 319 g/mol. The van der Waals surface area contributed by atoms with Crippen LogP contribution in [0.2, 0.25) is 0 Å². The van der Waals surface area contributed by atoms with Crippen LogP contribution in [-0.2, 0) is 0 Å². The van der Waals surface area contributed by atoms with Crippen LogP contribution in [0.15, 0.2) is 48.5 Å². The minimum absolute atomic E-state index is 0.130. The Morgan fingerprint density at radius 3 is 2.44 bits per heavy atom. The minimum atomic E-state index is -0.655. The Bertz CT molecular complexity index is 721. The van der Waals surface area contributed by atoms with Gasteiger partial charge in [-0.1, -0.05) is 12.1 Å². The van der Waals surface area contributed by atoms with Crippen LogP contribution in [0, 0.1) is 23.1 Å². The zero-order chi connectivity index (χ0) is 17.6. The maximum atomic E-state index is 13.1. The first-order valence-corrected chi connectivity index (χ1v) is 8.45. The molecule has 1 aliphatic rings. The summed E-state index contributed by atoms with van der Waals surface area (Å²) < 4.78 is 18.6. The van der Waals surface area contributed by atoms with Gasteiger partial charge in [0.2, 0.25) is 0 Å². The lowest BCUT2D eigenvalue weighted by molar-refractivity contribution is 0.103. The number of rotatable bonds is 8. The number of nitrogens with one attached hydrogen (secondary N) is 1. The van der Waals surface area contributed by atoms with Crippen LogP contribution in [0.3, 0.4) is 0 Å². The first-order valence-electron chi connectivity index (χ1n) is 8.45. The summed E-state index contributed by atoms with van der Waals surface area (Å²) in [6.45, 7) is 0.564. The van der Waals surface area contributed by atoms with Gasteiger partial charge in [-0.25, -0.2) is 4.39 Å². The largest absolute Gasteiger partial charge is 0.491 e. The van der Waals surface area contributed by atoms with Gasteiger partial charge in [0.05, 0.1) is 11.6 Å². The van der Waals surface area contributed by atoms with Gasteiger partial charge in [-0.2, -0.15) is 5.26 Å². The predicted octanol–water partition coefficient (Wildman–Crippen LogP) is 3.18. The van der Waals surface area contributed by atoms with Gasteiger partial charge in [-0.3, -0.25) is 0 Å². The molecule has 3 rings (SSSR count). The Kier molecular flexibility index (Phi) is 5.64. The highest BCUT2D eigenvalue weighted by Crippen LogP contribution is 2.40. The maximum Gasteiger partial charge on any atom is 0.123 e. The third-order valence-corrected chi connectivity index (χ3v) is 4.32. The van der Waals surface area contributed by atoms with Crippen molar-refractivity contribution in [3.63, 3.8) is 0 Å². The van der Waals surface area contributed by atoms with E-state index in [0.29, 0.717) is 23.8 Å². The molecule has 1 aliphatic carbocycles. The Balaban J connectivity index is 1.49. The van der Waals surface area contributed by atoms with Crippen molar-refractivity contribution in [2.24, 2.45) is 5.92 Å². The van der Waals surface area contributed by atoms with Crippen LogP contribution in [0.4, 0.5) is 4.39 Å². The maximum absolute atomic E-state index is 13.1. The van der Waals surface area contributed by atoms with E-state index in [1.807, 2.05) is 6.07 Å². The number of nitrogens with zero attached hydrogens (tertiary/aromatic N) is 1. The highest BCUT2D eigenvalue weighted by Gasteiger charge is 2.32. The molecule has 0 saturated heterocycles. The first kappa shape index (κ1) is 17.4. The summed E-state index contributed by atoms with van der Waals surface area (Å²) in [6.07, 6.45) is 1.64. The van der Waals surface area contributed by atoms with E-state index in [1.54, 1.807) is 36.4 Å². The molecule has 1 saturated carbocycles. The third kappa shape index (κ3) is 5.02. The SMILES string of the molecule is N#Cc1ccc(OCC(O)CNC(c2ccc(F)cc2)C2CC2)cc1. The van der Waals surface area contributed by atoms with Gasteiger partial charge >= 0.3 is 0 Å². The fourth-order valence-corrected chi connectivity index (χ4v) is 2.80. The second-order valence-corrected chi connectivity index (χ2v) is 6.38. The molecule has 0 heterocycles. The van der Waals surface area contributed by atoms with E-state index in [4.69, 9.17) is 10.00 Å². The van der Waals surface area contributed by atoms with Gasteiger partial charge in [0.15, 0.2) is 0 Å². The molecule has 5 heteroatoms. The number of aliphatic hydroxyl groups is 1.